The molecule has 0 saturated carbocycles. The molecule has 0 atom stereocenters. The summed E-state index contributed by atoms with van der Waals surface area (Å²) >= 11 is 3.87. The first kappa shape index (κ1) is 15.7. The molecule has 2 nitrogen and oxygen atoms in total. The Hall–Kier alpha value is 0.196. The van der Waals surface area contributed by atoms with Crippen LogP contribution in [0.4, 0.5) is 0 Å². The van der Waals surface area contributed by atoms with Crippen LogP contribution in [0.5, 0.6) is 0 Å². The van der Waals surface area contributed by atoms with E-state index < -0.39 is 5.17 Å². The number of nitrogens with two attached hydrogens (primary N) is 1. The highest BCUT2D eigenvalue weighted by Crippen LogP contribution is 1.40. The molecule has 0 aliphatic carbocycles. The highest BCUT2D eigenvalue weighted by molar-refractivity contribution is 7.79. The van der Waals surface area contributed by atoms with Gasteiger partial charge in [-0.05, 0) is 12.2 Å². The average molecular weight is 131 g/mol. The Balaban J connectivity index is -0.0000000480. The first-order valence-corrected chi connectivity index (χ1v) is 1.62. The van der Waals surface area contributed by atoms with Gasteiger partial charge in [-0.15, -0.1) is 13.2 Å². The molecule has 0 aliphatic rings. The SMILES string of the molecule is C=C.NC(O)=S.[MgH2]. The van der Waals surface area contributed by atoms with Gasteiger partial charge in [-0.25, -0.2) is 0 Å². The van der Waals surface area contributed by atoms with Crippen LogP contribution in [-0.2, 0) is 0 Å². The van der Waals surface area contributed by atoms with Gasteiger partial charge in [0.05, 0.1) is 0 Å². The lowest BCUT2D eigenvalue weighted by Crippen LogP contribution is -2.03. The van der Waals surface area contributed by atoms with Crippen LogP contribution in [0.1, 0.15) is 0 Å². The number of aliphatic hydroxyl groups excluding tert-OH is 1. The summed E-state index contributed by atoms with van der Waals surface area (Å²) in [6, 6.07) is 0. The van der Waals surface area contributed by atoms with Crippen molar-refractivity contribution in [3.63, 3.8) is 0 Å². The molecule has 0 aromatic rings. The third-order valence-corrected chi connectivity index (χ3v) is 0. The largest absolute Gasteiger partial charge is 0.487 e. The summed E-state index contributed by atoms with van der Waals surface area (Å²) in [6.07, 6.45) is 0. The normalized spacial score (nSPS) is 4.00. The minimum Gasteiger partial charge on any atom is -0.487 e. The maximum atomic E-state index is 7.56. The zero-order valence-corrected chi connectivity index (χ0v) is 4.16. The molecule has 0 aromatic carbocycles. The highest BCUT2D eigenvalue weighted by atomic mass is 32.1. The molecular formula is C3H9MgNOS. The summed E-state index contributed by atoms with van der Waals surface area (Å²) in [5, 5.41) is 7.06. The zero-order valence-electron chi connectivity index (χ0n) is 3.35. The number of hydrogen-bond donors (Lipinski definition) is 2. The van der Waals surface area contributed by atoms with Crippen LogP contribution in [0.3, 0.4) is 0 Å². The fourth-order valence-corrected chi connectivity index (χ4v) is 0. The van der Waals surface area contributed by atoms with Crippen molar-refractivity contribution >= 4 is 40.4 Å². The Morgan fingerprint density at radius 2 is 1.57 bits per heavy atom. The summed E-state index contributed by atoms with van der Waals surface area (Å²) in [6.45, 7) is 6.00. The second-order valence-corrected chi connectivity index (χ2v) is 0.757. The van der Waals surface area contributed by atoms with E-state index in [0.717, 1.165) is 0 Å². The van der Waals surface area contributed by atoms with Gasteiger partial charge in [0.15, 0.2) is 0 Å². The van der Waals surface area contributed by atoms with E-state index in [0.29, 0.717) is 0 Å². The Morgan fingerprint density at radius 3 is 1.57 bits per heavy atom. The van der Waals surface area contributed by atoms with Crippen LogP contribution in [0.2, 0.25) is 0 Å². The minimum atomic E-state index is -0.500. The molecule has 0 rings (SSSR count). The lowest BCUT2D eigenvalue weighted by molar-refractivity contribution is 0.560. The Bertz CT molecular complexity index is 46.2. The lowest BCUT2D eigenvalue weighted by atomic mass is 11.3. The van der Waals surface area contributed by atoms with Crippen molar-refractivity contribution in [1.29, 1.82) is 0 Å². The third kappa shape index (κ3) is 2830. The molecule has 0 unspecified atom stereocenters. The van der Waals surface area contributed by atoms with Gasteiger partial charge in [0.2, 0.25) is 0 Å². The predicted molar refractivity (Wildman–Crippen MR) is 39.2 cm³/mol. The van der Waals surface area contributed by atoms with Crippen molar-refractivity contribution in [3.8, 4) is 0 Å². The molecule has 0 spiro atoms. The van der Waals surface area contributed by atoms with E-state index in [2.05, 4.69) is 31.1 Å². The van der Waals surface area contributed by atoms with Gasteiger partial charge in [-0.2, -0.15) is 0 Å². The third-order valence-electron chi connectivity index (χ3n) is 0. The van der Waals surface area contributed by atoms with Crippen LogP contribution < -0.4 is 5.73 Å². The lowest BCUT2D eigenvalue weighted by Gasteiger charge is -1.67. The molecule has 0 amide bonds. The van der Waals surface area contributed by atoms with E-state index in [1.54, 1.807) is 0 Å². The Labute approximate surface area is 64.5 Å². The molecule has 3 N–H and O–H groups in total. The maximum absolute atomic E-state index is 7.56. The quantitative estimate of drug-likeness (QED) is 0.269. The molecule has 0 aromatic heterocycles. The Morgan fingerprint density at radius 1 is 1.57 bits per heavy atom. The predicted octanol–water partition coefficient (Wildman–Crippen LogP) is -0.326. The first-order valence-electron chi connectivity index (χ1n) is 1.22. The summed E-state index contributed by atoms with van der Waals surface area (Å²) in [4.78, 5) is 0. The Kier molecular flexibility index (Phi) is 36.7. The average Bonchev–Trinajstić information content (AvgIpc) is 1.41. The van der Waals surface area contributed by atoms with Crippen LogP contribution in [0.25, 0.3) is 0 Å². The van der Waals surface area contributed by atoms with Crippen molar-refractivity contribution in [3.05, 3.63) is 13.2 Å². The zero-order chi connectivity index (χ0) is 5.58. The van der Waals surface area contributed by atoms with Gasteiger partial charge in [-0.3, -0.25) is 0 Å². The van der Waals surface area contributed by atoms with Crippen molar-refractivity contribution in [2.75, 3.05) is 0 Å². The van der Waals surface area contributed by atoms with Crippen LogP contribution in [0.15, 0.2) is 13.2 Å². The number of thiocarbonyl (C=S) groups is 1. The summed E-state index contributed by atoms with van der Waals surface area (Å²) in [5.41, 5.74) is 4.40. The van der Waals surface area contributed by atoms with Crippen molar-refractivity contribution in [1.82, 2.24) is 0 Å². The smallest absolute Gasteiger partial charge is 0.316 e. The number of aliphatic hydroxyl groups is 1. The molecular weight excluding hydrogens is 122 g/mol. The van der Waals surface area contributed by atoms with Crippen LogP contribution >= 0.6 is 12.2 Å². The molecule has 0 fully saturated rings. The summed E-state index contributed by atoms with van der Waals surface area (Å²) in [7, 11) is 0. The molecule has 40 valence electrons. The fourth-order valence-electron chi connectivity index (χ4n) is 0. The summed E-state index contributed by atoms with van der Waals surface area (Å²) < 4.78 is 0. The molecule has 0 aliphatic heterocycles. The summed E-state index contributed by atoms with van der Waals surface area (Å²) in [5.74, 6) is 0. The molecule has 0 saturated heterocycles. The topological polar surface area (TPSA) is 46.2 Å². The van der Waals surface area contributed by atoms with Gasteiger partial charge in [-0.1, -0.05) is 0 Å². The minimum absolute atomic E-state index is 0. The van der Waals surface area contributed by atoms with Gasteiger partial charge in [0.1, 0.15) is 0 Å². The second kappa shape index (κ2) is 16.4. The molecule has 0 heterocycles. The van der Waals surface area contributed by atoms with Gasteiger partial charge in [0.25, 0.3) is 5.17 Å². The number of hydrogen-bond acceptors (Lipinski definition) is 1. The van der Waals surface area contributed by atoms with Gasteiger partial charge >= 0.3 is 23.1 Å². The van der Waals surface area contributed by atoms with E-state index in [4.69, 9.17) is 5.11 Å². The van der Waals surface area contributed by atoms with E-state index in [1.807, 2.05) is 0 Å². The maximum Gasteiger partial charge on any atom is 0.316 e. The standard InChI is InChI=1S/C2H4.CH3NOS.Mg.2H/c1-2;2-1(3)4;;;/h1-2H2;(H3,2,3,4);;;. The van der Waals surface area contributed by atoms with Crippen molar-refractivity contribution < 1.29 is 5.11 Å². The van der Waals surface area contributed by atoms with Crippen molar-refractivity contribution in [2.45, 2.75) is 0 Å². The highest BCUT2D eigenvalue weighted by Gasteiger charge is 1.57. The van der Waals surface area contributed by atoms with Gasteiger partial charge in [0, 0.05) is 0 Å². The second-order valence-electron chi connectivity index (χ2n) is 0.338. The van der Waals surface area contributed by atoms with E-state index in [-0.39, 0.29) is 23.1 Å². The molecule has 0 radical (unpaired) electrons. The van der Waals surface area contributed by atoms with E-state index >= 15 is 0 Å². The fraction of sp³-hybridized carbons (Fsp3) is 0. The molecule has 0 bridgehead atoms. The van der Waals surface area contributed by atoms with Crippen molar-refractivity contribution in [2.24, 2.45) is 5.73 Å². The monoisotopic (exact) mass is 131 g/mol. The number of rotatable bonds is 0. The molecule has 7 heavy (non-hydrogen) atoms. The van der Waals surface area contributed by atoms with Crippen LogP contribution in [0, 0.1) is 0 Å². The first-order chi connectivity index (χ1) is 2.73. The molecule has 4 heteroatoms. The van der Waals surface area contributed by atoms with Gasteiger partial charge < -0.3 is 10.8 Å². The van der Waals surface area contributed by atoms with E-state index in [1.165, 1.54) is 0 Å². The van der Waals surface area contributed by atoms with E-state index in [9.17, 15) is 0 Å². The van der Waals surface area contributed by atoms with Crippen LogP contribution in [-0.4, -0.2) is 33.3 Å².